The van der Waals surface area contributed by atoms with Gasteiger partial charge in [-0.3, -0.25) is 9.69 Å². The van der Waals surface area contributed by atoms with E-state index in [4.69, 9.17) is 0 Å². The highest BCUT2D eigenvalue weighted by Crippen LogP contribution is 2.27. The van der Waals surface area contributed by atoms with Crippen LogP contribution in [-0.2, 0) is 6.54 Å². The summed E-state index contributed by atoms with van der Waals surface area (Å²) >= 11 is 0. The van der Waals surface area contributed by atoms with E-state index in [0.29, 0.717) is 23.5 Å². The molecule has 1 unspecified atom stereocenters. The molecule has 1 atom stereocenters. The zero-order valence-corrected chi connectivity index (χ0v) is 15.5. The number of hydrogen-bond donors (Lipinski definition) is 1. The van der Waals surface area contributed by atoms with Gasteiger partial charge in [-0.2, -0.15) is 0 Å². The van der Waals surface area contributed by atoms with Crippen molar-refractivity contribution >= 4 is 10.9 Å². The second kappa shape index (κ2) is 7.49. The molecule has 0 spiro atoms. The molecule has 140 valence electrons. The topological polar surface area (TPSA) is 39.3 Å². The van der Waals surface area contributed by atoms with Gasteiger partial charge in [0.25, 0.3) is 0 Å². The lowest BCUT2D eigenvalue weighted by Crippen LogP contribution is -2.43. The first-order valence-corrected chi connectivity index (χ1v) is 9.88. The van der Waals surface area contributed by atoms with Gasteiger partial charge in [0.2, 0.25) is 0 Å². The average Bonchev–Trinajstić information content (AvgIpc) is 3.17. The number of likely N-dealkylation sites (tertiary alicyclic amines) is 2. The molecular formula is C21H28FN3O. The first-order chi connectivity index (χ1) is 12.6. The van der Waals surface area contributed by atoms with Crippen molar-refractivity contribution < 1.29 is 4.39 Å². The number of nitrogens with zero attached hydrogens (tertiary/aromatic N) is 2. The number of fused-ring (bicyclic) bond motifs is 1. The highest BCUT2D eigenvalue weighted by atomic mass is 19.1. The van der Waals surface area contributed by atoms with Crippen LogP contribution in [0.3, 0.4) is 0 Å². The van der Waals surface area contributed by atoms with Crippen LogP contribution in [0.25, 0.3) is 10.9 Å². The van der Waals surface area contributed by atoms with Gasteiger partial charge in [-0.25, -0.2) is 4.39 Å². The molecule has 2 saturated heterocycles. The fraction of sp³-hybridized carbons (Fsp3) is 0.571. The van der Waals surface area contributed by atoms with Crippen LogP contribution < -0.4 is 5.43 Å². The van der Waals surface area contributed by atoms with Crippen LogP contribution in [0.15, 0.2) is 29.1 Å². The van der Waals surface area contributed by atoms with Gasteiger partial charge in [-0.1, -0.05) is 6.07 Å². The van der Waals surface area contributed by atoms with Gasteiger partial charge >= 0.3 is 0 Å². The van der Waals surface area contributed by atoms with Crippen LogP contribution in [0, 0.1) is 11.7 Å². The molecule has 1 aromatic carbocycles. The predicted molar refractivity (Wildman–Crippen MR) is 103 cm³/mol. The van der Waals surface area contributed by atoms with Gasteiger partial charge in [0.15, 0.2) is 5.43 Å². The molecule has 0 saturated carbocycles. The smallest absolute Gasteiger partial charge is 0.189 e. The van der Waals surface area contributed by atoms with Crippen LogP contribution in [-0.4, -0.2) is 47.0 Å². The molecule has 4 nitrogen and oxygen atoms in total. The number of benzene rings is 1. The third-order valence-electron chi connectivity index (χ3n) is 6.29. The van der Waals surface area contributed by atoms with E-state index in [1.54, 1.807) is 18.2 Å². The highest BCUT2D eigenvalue weighted by Gasteiger charge is 2.29. The van der Waals surface area contributed by atoms with Gasteiger partial charge in [0, 0.05) is 29.7 Å². The lowest BCUT2D eigenvalue weighted by atomic mass is 9.89. The number of para-hydroxylation sites is 1. The number of nitrogens with one attached hydrogen (secondary N) is 1. The minimum Gasteiger partial charge on any atom is -0.355 e. The Morgan fingerprint density at radius 2 is 1.92 bits per heavy atom. The van der Waals surface area contributed by atoms with Gasteiger partial charge in [0.1, 0.15) is 5.82 Å². The second-order valence-corrected chi connectivity index (χ2v) is 7.92. The minimum absolute atomic E-state index is 0.106. The summed E-state index contributed by atoms with van der Waals surface area (Å²) in [5.74, 6) is 0.400. The Morgan fingerprint density at radius 3 is 2.65 bits per heavy atom. The Bertz CT molecular complexity index is 820. The fourth-order valence-electron chi connectivity index (χ4n) is 4.66. The summed E-state index contributed by atoms with van der Waals surface area (Å²) in [6.45, 7) is 7.66. The summed E-state index contributed by atoms with van der Waals surface area (Å²) in [4.78, 5) is 20.4. The van der Waals surface area contributed by atoms with E-state index in [0.717, 1.165) is 24.7 Å². The lowest BCUT2D eigenvalue weighted by molar-refractivity contribution is 0.107. The van der Waals surface area contributed by atoms with Crippen molar-refractivity contribution in [1.82, 2.24) is 14.8 Å². The number of halogens is 1. The van der Waals surface area contributed by atoms with E-state index < -0.39 is 0 Å². The SMILES string of the molecule is CC(C1CCN(Cc2cc(=O)c3cccc(F)c3[nH]2)CC1)N1CCCC1. The number of pyridine rings is 1. The Labute approximate surface area is 154 Å². The molecule has 1 N–H and O–H groups in total. The summed E-state index contributed by atoms with van der Waals surface area (Å²) < 4.78 is 14.0. The van der Waals surface area contributed by atoms with Crippen LogP contribution in [0.2, 0.25) is 0 Å². The molecule has 0 radical (unpaired) electrons. The first kappa shape index (κ1) is 17.7. The number of hydrogen-bond acceptors (Lipinski definition) is 3. The summed E-state index contributed by atoms with van der Waals surface area (Å²) in [6, 6.07) is 6.95. The van der Waals surface area contributed by atoms with Crippen molar-refractivity contribution in [3.63, 3.8) is 0 Å². The Balaban J connectivity index is 1.41. The Kier molecular flexibility index (Phi) is 5.09. The zero-order chi connectivity index (χ0) is 18.1. The van der Waals surface area contributed by atoms with Crippen molar-refractivity contribution in [3.05, 3.63) is 46.0 Å². The second-order valence-electron chi connectivity index (χ2n) is 7.92. The average molecular weight is 357 g/mol. The van der Waals surface area contributed by atoms with Gasteiger partial charge in [-0.15, -0.1) is 0 Å². The predicted octanol–water partition coefficient (Wildman–Crippen LogP) is 3.36. The number of H-pyrrole nitrogens is 1. The van der Waals surface area contributed by atoms with Crippen molar-refractivity contribution in [1.29, 1.82) is 0 Å². The molecule has 0 aliphatic carbocycles. The number of rotatable bonds is 4. The maximum atomic E-state index is 14.0. The molecule has 0 amide bonds. The normalized spacial score (nSPS) is 21.5. The largest absolute Gasteiger partial charge is 0.355 e. The first-order valence-electron chi connectivity index (χ1n) is 9.88. The van der Waals surface area contributed by atoms with Crippen LogP contribution in [0.4, 0.5) is 4.39 Å². The maximum Gasteiger partial charge on any atom is 0.189 e. The quantitative estimate of drug-likeness (QED) is 0.912. The molecular weight excluding hydrogens is 329 g/mol. The van der Waals surface area contributed by atoms with E-state index >= 15 is 0 Å². The van der Waals surface area contributed by atoms with Crippen molar-refractivity contribution in [2.75, 3.05) is 26.2 Å². The summed E-state index contributed by atoms with van der Waals surface area (Å²) in [7, 11) is 0. The third-order valence-corrected chi connectivity index (χ3v) is 6.29. The zero-order valence-electron chi connectivity index (χ0n) is 15.5. The highest BCUT2D eigenvalue weighted by molar-refractivity contribution is 5.78. The lowest BCUT2D eigenvalue weighted by Gasteiger charge is -2.38. The summed E-state index contributed by atoms with van der Waals surface area (Å²) in [6.07, 6.45) is 5.08. The fourth-order valence-corrected chi connectivity index (χ4v) is 4.66. The van der Waals surface area contributed by atoms with Crippen molar-refractivity contribution in [2.24, 2.45) is 5.92 Å². The molecule has 26 heavy (non-hydrogen) atoms. The van der Waals surface area contributed by atoms with E-state index in [1.807, 2.05) is 0 Å². The van der Waals surface area contributed by atoms with E-state index in [-0.39, 0.29) is 11.2 Å². The van der Waals surface area contributed by atoms with E-state index in [1.165, 1.54) is 44.8 Å². The van der Waals surface area contributed by atoms with Crippen LogP contribution >= 0.6 is 0 Å². The van der Waals surface area contributed by atoms with Crippen molar-refractivity contribution in [3.8, 4) is 0 Å². The monoisotopic (exact) mass is 357 g/mol. The van der Waals surface area contributed by atoms with Gasteiger partial charge in [-0.05, 0) is 76.8 Å². The van der Waals surface area contributed by atoms with E-state index in [9.17, 15) is 9.18 Å². The molecule has 4 rings (SSSR count). The molecule has 5 heteroatoms. The Morgan fingerprint density at radius 1 is 1.19 bits per heavy atom. The van der Waals surface area contributed by atoms with Gasteiger partial charge < -0.3 is 9.88 Å². The van der Waals surface area contributed by atoms with E-state index in [2.05, 4.69) is 21.7 Å². The molecule has 2 aliphatic rings. The number of piperidine rings is 1. The van der Waals surface area contributed by atoms with Crippen LogP contribution in [0.1, 0.15) is 38.3 Å². The van der Waals surface area contributed by atoms with Crippen molar-refractivity contribution in [2.45, 2.75) is 45.2 Å². The molecule has 2 aliphatic heterocycles. The minimum atomic E-state index is -0.361. The molecule has 2 fully saturated rings. The number of aromatic amines is 1. The molecule has 3 heterocycles. The number of aromatic nitrogens is 1. The molecule has 1 aromatic heterocycles. The third kappa shape index (κ3) is 3.55. The molecule has 2 aromatic rings. The summed E-state index contributed by atoms with van der Waals surface area (Å²) in [5.41, 5.74) is 1.02. The molecule has 0 bridgehead atoms. The van der Waals surface area contributed by atoms with Crippen LogP contribution in [0.5, 0.6) is 0 Å². The Hall–Kier alpha value is -1.72. The van der Waals surface area contributed by atoms with Gasteiger partial charge in [0.05, 0.1) is 5.52 Å². The maximum absolute atomic E-state index is 14.0. The summed E-state index contributed by atoms with van der Waals surface area (Å²) in [5, 5.41) is 0.423. The standard InChI is InChI=1S/C21H28FN3O/c1-15(25-9-2-3-10-25)16-7-11-24(12-8-16)14-17-13-20(26)18-5-4-6-19(22)21(18)23-17/h4-6,13,15-16H,2-3,7-12,14H2,1H3,(H,23,26).